The van der Waals surface area contributed by atoms with E-state index in [2.05, 4.69) is 26.1 Å². The van der Waals surface area contributed by atoms with E-state index in [0.717, 1.165) is 18.6 Å². The van der Waals surface area contributed by atoms with Crippen LogP contribution in [0.25, 0.3) is 0 Å². The summed E-state index contributed by atoms with van der Waals surface area (Å²) >= 11 is 0. The Kier molecular flexibility index (Phi) is 3.48. The van der Waals surface area contributed by atoms with Gasteiger partial charge in [-0.2, -0.15) is 0 Å². The number of hydrogen-bond donors (Lipinski definition) is 1. The van der Waals surface area contributed by atoms with Crippen LogP contribution in [0.3, 0.4) is 0 Å². The highest BCUT2D eigenvalue weighted by molar-refractivity contribution is 7.85. The topological polar surface area (TPSA) is 38.3 Å². The van der Waals surface area contributed by atoms with Gasteiger partial charge in [0.2, 0.25) is 0 Å². The van der Waals surface area contributed by atoms with Gasteiger partial charge in [-0.25, -0.2) is 0 Å². The van der Waals surface area contributed by atoms with Gasteiger partial charge in [0.15, 0.2) is 0 Å². The molecule has 2 fully saturated rings. The Morgan fingerprint density at radius 3 is 2.80 bits per heavy atom. The molecular formula is C11H21NO2S. The molecule has 0 saturated carbocycles. The molecule has 2 heterocycles. The Morgan fingerprint density at radius 1 is 1.33 bits per heavy atom. The van der Waals surface area contributed by atoms with Crippen molar-refractivity contribution in [2.24, 2.45) is 0 Å². The average Bonchev–Trinajstić information content (AvgIpc) is 2.25. The average molecular weight is 231 g/mol. The Morgan fingerprint density at radius 2 is 2.07 bits per heavy atom. The van der Waals surface area contributed by atoms with Crippen molar-refractivity contribution in [1.29, 1.82) is 0 Å². The number of rotatable bonds is 0. The summed E-state index contributed by atoms with van der Waals surface area (Å²) in [6, 6.07) is 0.864. The van der Waals surface area contributed by atoms with E-state index in [4.69, 9.17) is 4.74 Å². The van der Waals surface area contributed by atoms with Crippen molar-refractivity contribution >= 4 is 10.8 Å². The highest BCUT2D eigenvalue weighted by Gasteiger charge is 2.40. The van der Waals surface area contributed by atoms with Crippen LogP contribution in [0, 0.1) is 0 Å². The molecule has 15 heavy (non-hydrogen) atoms. The van der Waals surface area contributed by atoms with Crippen LogP contribution in [0.2, 0.25) is 0 Å². The maximum Gasteiger partial charge on any atom is 0.0761 e. The van der Waals surface area contributed by atoms with Gasteiger partial charge >= 0.3 is 0 Å². The van der Waals surface area contributed by atoms with Crippen LogP contribution in [0.15, 0.2) is 0 Å². The van der Waals surface area contributed by atoms with Gasteiger partial charge < -0.3 is 10.1 Å². The second kappa shape index (κ2) is 4.52. The van der Waals surface area contributed by atoms with Gasteiger partial charge in [-0.15, -0.1) is 0 Å². The zero-order valence-corrected chi connectivity index (χ0v) is 10.5. The second-order valence-corrected chi connectivity index (χ2v) is 6.61. The van der Waals surface area contributed by atoms with Crippen LogP contribution in [-0.2, 0) is 15.5 Å². The van der Waals surface area contributed by atoms with Crippen molar-refractivity contribution in [1.82, 2.24) is 5.32 Å². The number of ether oxygens (including phenoxy) is 1. The lowest BCUT2D eigenvalue weighted by Gasteiger charge is -2.38. The predicted molar refractivity (Wildman–Crippen MR) is 62.4 cm³/mol. The summed E-state index contributed by atoms with van der Waals surface area (Å²) < 4.78 is 17.9. The molecule has 0 bridgehead atoms. The molecule has 0 aromatic heterocycles. The molecule has 0 spiro atoms. The minimum atomic E-state index is -0.727. The summed E-state index contributed by atoms with van der Waals surface area (Å²) in [5, 5.41) is 3.79. The van der Waals surface area contributed by atoms with Gasteiger partial charge in [-0.05, 0) is 33.6 Å². The van der Waals surface area contributed by atoms with Crippen molar-refractivity contribution in [2.75, 3.05) is 5.75 Å². The largest absolute Gasteiger partial charge is 0.374 e. The van der Waals surface area contributed by atoms with Gasteiger partial charge in [-0.1, -0.05) is 0 Å². The molecule has 6 atom stereocenters. The number of nitrogens with one attached hydrogen (secondary N) is 1. The summed E-state index contributed by atoms with van der Waals surface area (Å²) in [6.07, 6.45) is 2.42. The fourth-order valence-corrected chi connectivity index (χ4v) is 4.66. The molecule has 0 amide bonds. The molecule has 0 aliphatic carbocycles. The third kappa shape index (κ3) is 2.43. The number of fused-ring (bicyclic) bond motifs is 1. The molecule has 2 rings (SSSR count). The molecule has 0 aromatic carbocycles. The highest BCUT2D eigenvalue weighted by atomic mass is 32.2. The summed E-state index contributed by atoms with van der Waals surface area (Å²) in [4.78, 5) is 0. The summed E-state index contributed by atoms with van der Waals surface area (Å²) in [5.74, 6) is 0.817. The van der Waals surface area contributed by atoms with Gasteiger partial charge in [0.25, 0.3) is 0 Å². The van der Waals surface area contributed by atoms with E-state index in [1.807, 2.05) is 0 Å². The van der Waals surface area contributed by atoms with E-state index >= 15 is 0 Å². The molecule has 3 nitrogen and oxygen atoms in total. The third-order valence-electron chi connectivity index (χ3n) is 3.45. The molecule has 6 unspecified atom stereocenters. The Bertz CT molecular complexity index is 259. The van der Waals surface area contributed by atoms with Crippen molar-refractivity contribution < 1.29 is 8.95 Å². The van der Waals surface area contributed by atoms with E-state index < -0.39 is 10.8 Å². The first-order valence-corrected chi connectivity index (χ1v) is 7.25. The molecule has 88 valence electrons. The Labute approximate surface area is 94.4 Å². The lowest BCUT2D eigenvalue weighted by molar-refractivity contribution is -0.0386. The van der Waals surface area contributed by atoms with Crippen LogP contribution < -0.4 is 5.32 Å². The SMILES string of the molecule is CC1CCS(=O)C2C(CC(C)OC2C)N1. The predicted octanol–water partition coefficient (Wildman–Crippen LogP) is 1.05. The summed E-state index contributed by atoms with van der Waals surface area (Å²) in [7, 11) is -0.727. The molecule has 1 N–H and O–H groups in total. The summed E-state index contributed by atoms with van der Waals surface area (Å²) in [5.41, 5.74) is 0. The maximum absolute atomic E-state index is 12.1. The fourth-order valence-electron chi connectivity index (χ4n) is 2.76. The molecule has 2 aliphatic rings. The zero-order valence-electron chi connectivity index (χ0n) is 9.73. The van der Waals surface area contributed by atoms with Crippen molar-refractivity contribution in [3.63, 3.8) is 0 Å². The van der Waals surface area contributed by atoms with Crippen molar-refractivity contribution in [3.05, 3.63) is 0 Å². The van der Waals surface area contributed by atoms with Crippen LogP contribution in [0.4, 0.5) is 0 Å². The van der Waals surface area contributed by atoms with Gasteiger partial charge in [-0.3, -0.25) is 4.21 Å². The van der Waals surface area contributed by atoms with Gasteiger partial charge in [0.05, 0.1) is 17.5 Å². The Balaban J connectivity index is 2.17. The lowest BCUT2D eigenvalue weighted by atomic mass is 9.98. The van der Waals surface area contributed by atoms with E-state index in [1.54, 1.807) is 0 Å². The zero-order chi connectivity index (χ0) is 11.0. The van der Waals surface area contributed by atoms with E-state index in [9.17, 15) is 4.21 Å². The molecule has 4 heteroatoms. The fraction of sp³-hybridized carbons (Fsp3) is 1.00. The van der Waals surface area contributed by atoms with Gasteiger partial charge in [0.1, 0.15) is 0 Å². The van der Waals surface area contributed by atoms with Crippen LogP contribution in [0.5, 0.6) is 0 Å². The van der Waals surface area contributed by atoms with Crippen LogP contribution >= 0.6 is 0 Å². The molecule has 0 aromatic rings. The number of hydrogen-bond acceptors (Lipinski definition) is 3. The van der Waals surface area contributed by atoms with Crippen molar-refractivity contribution in [3.8, 4) is 0 Å². The molecule has 2 saturated heterocycles. The normalized spacial score (nSPS) is 51.9. The van der Waals surface area contributed by atoms with Crippen LogP contribution in [-0.4, -0.2) is 39.5 Å². The molecule has 0 radical (unpaired) electrons. The third-order valence-corrected chi connectivity index (χ3v) is 5.40. The standard InChI is InChI=1S/C11H21NO2S/c1-7-4-5-15(13)11-9(3)14-8(2)6-10(11)12-7/h7-12H,4-6H2,1-3H3. The lowest BCUT2D eigenvalue weighted by Crippen LogP contribution is -2.54. The van der Waals surface area contributed by atoms with E-state index in [0.29, 0.717) is 12.1 Å². The second-order valence-electron chi connectivity index (χ2n) is 4.90. The van der Waals surface area contributed by atoms with Gasteiger partial charge in [0, 0.05) is 28.6 Å². The maximum atomic E-state index is 12.1. The summed E-state index contributed by atoms with van der Waals surface area (Å²) in [6.45, 7) is 6.35. The smallest absolute Gasteiger partial charge is 0.0761 e. The van der Waals surface area contributed by atoms with E-state index in [-0.39, 0.29) is 17.5 Å². The van der Waals surface area contributed by atoms with E-state index in [1.165, 1.54) is 0 Å². The highest BCUT2D eigenvalue weighted by Crippen LogP contribution is 2.27. The quantitative estimate of drug-likeness (QED) is 0.677. The van der Waals surface area contributed by atoms with Crippen LogP contribution in [0.1, 0.15) is 33.6 Å². The minimum Gasteiger partial charge on any atom is -0.374 e. The Hall–Kier alpha value is 0.0700. The first kappa shape index (κ1) is 11.6. The first-order chi connectivity index (χ1) is 7.08. The molecular weight excluding hydrogens is 210 g/mol. The molecule has 2 aliphatic heterocycles. The monoisotopic (exact) mass is 231 g/mol. The first-order valence-electron chi connectivity index (χ1n) is 5.86. The minimum absolute atomic E-state index is 0.123. The van der Waals surface area contributed by atoms with Crippen molar-refractivity contribution in [2.45, 2.75) is 63.2 Å².